The third kappa shape index (κ3) is 2.16. The maximum absolute atomic E-state index is 4.35. The van der Waals surface area contributed by atoms with Crippen molar-refractivity contribution in [3.63, 3.8) is 0 Å². The number of likely N-dealkylation sites (N-methyl/N-ethyl adjacent to an activating group) is 1. The highest BCUT2D eigenvalue weighted by Crippen LogP contribution is 2.51. The van der Waals surface area contributed by atoms with Gasteiger partial charge in [0.1, 0.15) is 12.2 Å². The lowest BCUT2D eigenvalue weighted by Crippen LogP contribution is -2.40. The summed E-state index contributed by atoms with van der Waals surface area (Å²) in [5.41, 5.74) is 1.72. The van der Waals surface area contributed by atoms with Crippen LogP contribution in [0.25, 0.3) is 0 Å². The first-order chi connectivity index (χ1) is 9.26. The van der Waals surface area contributed by atoms with Gasteiger partial charge in [-0.25, -0.2) is 4.98 Å². The molecule has 0 bridgehead atoms. The number of hydrogen-bond acceptors (Lipinski definition) is 3. The van der Waals surface area contributed by atoms with Crippen LogP contribution in [-0.4, -0.2) is 27.9 Å². The van der Waals surface area contributed by atoms with E-state index < -0.39 is 0 Å². The minimum atomic E-state index is 0.280. The van der Waals surface area contributed by atoms with Gasteiger partial charge in [-0.2, -0.15) is 5.10 Å². The van der Waals surface area contributed by atoms with Gasteiger partial charge in [0.05, 0.1) is 0 Å². The van der Waals surface area contributed by atoms with Crippen LogP contribution >= 0.6 is 0 Å². The Bertz CT molecular complexity index is 542. The number of rotatable bonds is 5. The Morgan fingerprint density at radius 1 is 1.32 bits per heavy atom. The van der Waals surface area contributed by atoms with Crippen molar-refractivity contribution < 1.29 is 0 Å². The summed E-state index contributed by atoms with van der Waals surface area (Å²) < 4.78 is 1.87. The van der Waals surface area contributed by atoms with Gasteiger partial charge in [0.15, 0.2) is 0 Å². The van der Waals surface area contributed by atoms with E-state index in [2.05, 4.69) is 45.7 Å². The monoisotopic (exact) mass is 256 g/mol. The van der Waals surface area contributed by atoms with Crippen LogP contribution in [0, 0.1) is 0 Å². The van der Waals surface area contributed by atoms with Gasteiger partial charge in [-0.05, 0) is 25.5 Å². The zero-order valence-electron chi connectivity index (χ0n) is 11.5. The molecule has 19 heavy (non-hydrogen) atoms. The Kier molecular flexibility index (Phi) is 3.11. The van der Waals surface area contributed by atoms with E-state index in [1.807, 2.05) is 18.8 Å². The molecule has 0 aliphatic heterocycles. The molecule has 1 aliphatic rings. The molecule has 1 N–H and O–H groups in total. The van der Waals surface area contributed by atoms with E-state index in [-0.39, 0.29) is 5.41 Å². The van der Waals surface area contributed by atoms with Gasteiger partial charge in [-0.15, -0.1) is 0 Å². The molecular formula is C15H20N4. The van der Waals surface area contributed by atoms with Gasteiger partial charge in [0, 0.05) is 24.9 Å². The van der Waals surface area contributed by atoms with Crippen LogP contribution in [0.5, 0.6) is 0 Å². The lowest BCUT2D eigenvalue weighted by atomic mass is 9.86. The summed E-state index contributed by atoms with van der Waals surface area (Å²) in [5.74, 6) is 1.04. The maximum atomic E-state index is 4.35. The van der Waals surface area contributed by atoms with Crippen LogP contribution in [0.1, 0.15) is 24.2 Å². The van der Waals surface area contributed by atoms with Gasteiger partial charge in [0.2, 0.25) is 0 Å². The molecule has 1 aromatic heterocycles. The summed E-state index contributed by atoms with van der Waals surface area (Å²) in [7, 11) is 4.00. The minimum absolute atomic E-state index is 0.280. The van der Waals surface area contributed by atoms with Gasteiger partial charge >= 0.3 is 0 Å². The molecule has 2 aromatic rings. The first kappa shape index (κ1) is 12.4. The Labute approximate surface area is 113 Å². The fourth-order valence-corrected chi connectivity index (χ4v) is 3.00. The second kappa shape index (κ2) is 4.78. The minimum Gasteiger partial charge on any atom is -0.316 e. The van der Waals surface area contributed by atoms with Crippen LogP contribution in [-0.2, 0) is 18.9 Å². The van der Waals surface area contributed by atoms with Crippen LogP contribution in [0.2, 0.25) is 0 Å². The molecule has 3 rings (SSSR count). The largest absolute Gasteiger partial charge is 0.316 e. The molecule has 1 fully saturated rings. The Morgan fingerprint density at radius 3 is 2.58 bits per heavy atom. The fourth-order valence-electron chi connectivity index (χ4n) is 3.00. The molecule has 4 heteroatoms. The molecule has 0 saturated heterocycles. The topological polar surface area (TPSA) is 42.7 Å². The number of benzene rings is 1. The van der Waals surface area contributed by atoms with E-state index in [4.69, 9.17) is 0 Å². The second-order valence-electron chi connectivity index (χ2n) is 5.37. The van der Waals surface area contributed by atoms with Crippen LogP contribution in [0.15, 0.2) is 36.7 Å². The highest BCUT2D eigenvalue weighted by Gasteiger charge is 2.50. The van der Waals surface area contributed by atoms with E-state index in [0.717, 1.165) is 12.2 Å². The third-order valence-corrected chi connectivity index (χ3v) is 4.34. The lowest BCUT2D eigenvalue weighted by molar-refractivity contribution is 0.428. The zero-order valence-corrected chi connectivity index (χ0v) is 11.5. The maximum Gasteiger partial charge on any atom is 0.138 e. The molecule has 100 valence electrons. The second-order valence-corrected chi connectivity index (χ2v) is 5.37. The molecule has 0 amide bonds. The van der Waals surface area contributed by atoms with E-state index in [1.165, 1.54) is 18.4 Å². The summed E-state index contributed by atoms with van der Waals surface area (Å²) in [5, 5.41) is 7.64. The van der Waals surface area contributed by atoms with Crippen LogP contribution in [0.3, 0.4) is 0 Å². The van der Waals surface area contributed by atoms with E-state index in [9.17, 15) is 0 Å². The van der Waals surface area contributed by atoms with E-state index in [1.54, 1.807) is 6.33 Å². The number of nitrogens with one attached hydrogen (secondary N) is 1. The lowest BCUT2D eigenvalue weighted by Gasteiger charge is -2.27. The molecule has 1 aliphatic carbocycles. The number of nitrogens with zero attached hydrogens (tertiary/aromatic N) is 3. The Balaban J connectivity index is 1.85. The summed E-state index contributed by atoms with van der Waals surface area (Å²) in [6.45, 7) is 0. The first-order valence-corrected chi connectivity index (χ1v) is 6.82. The van der Waals surface area contributed by atoms with Gasteiger partial charge in [0.25, 0.3) is 0 Å². The van der Waals surface area contributed by atoms with Crippen molar-refractivity contribution in [3.05, 3.63) is 48.0 Å². The van der Waals surface area contributed by atoms with Crippen molar-refractivity contribution in [3.8, 4) is 0 Å². The molecular weight excluding hydrogens is 236 g/mol. The average Bonchev–Trinajstić information content (AvgIpc) is 3.16. The molecule has 0 radical (unpaired) electrons. The highest BCUT2D eigenvalue weighted by molar-refractivity contribution is 5.34. The molecule has 1 atom stereocenters. The SMILES string of the molecule is CNC(Cc1ncnn1C)C1(c2ccccc2)CC1. The van der Waals surface area contributed by atoms with Crippen molar-refractivity contribution >= 4 is 0 Å². The van der Waals surface area contributed by atoms with Crippen molar-refractivity contribution in [2.24, 2.45) is 7.05 Å². The standard InChI is InChI=1S/C15H20N4/c1-16-13(10-14-17-11-18-19(14)2)15(8-9-15)12-6-4-3-5-7-12/h3-7,11,13,16H,8-10H2,1-2H3. The summed E-state index contributed by atoms with van der Waals surface area (Å²) in [6, 6.07) is 11.2. The van der Waals surface area contributed by atoms with Crippen LogP contribution in [0.4, 0.5) is 0 Å². The summed E-state index contributed by atoms with van der Waals surface area (Å²) in [4.78, 5) is 4.35. The molecule has 1 saturated carbocycles. The number of aromatic nitrogens is 3. The smallest absolute Gasteiger partial charge is 0.138 e. The van der Waals surface area contributed by atoms with Gasteiger partial charge in [-0.1, -0.05) is 30.3 Å². The van der Waals surface area contributed by atoms with Gasteiger partial charge < -0.3 is 5.32 Å². The molecule has 1 unspecified atom stereocenters. The fraction of sp³-hybridized carbons (Fsp3) is 0.467. The van der Waals surface area contributed by atoms with E-state index >= 15 is 0 Å². The van der Waals surface area contributed by atoms with Crippen molar-refractivity contribution in [2.75, 3.05) is 7.05 Å². The Hall–Kier alpha value is -1.68. The molecule has 1 heterocycles. The first-order valence-electron chi connectivity index (χ1n) is 6.82. The number of aryl methyl sites for hydroxylation is 1. The summed E-state index contributed by atoms with van der Waals surface area (Å²) >= 11 is 0. The van der Waals surface area contributed by atoms with Crippen molar-refractivity contribution in [1.29, 1.82) is 0 Å². The normalized spacial score (nSPS) is 18.2. The average molecular weight is 256 g/mol. The van der Waals surface area contributed by atoms with Crippen LogP contribution < -0.4 is 5.32 Å². The third-order valence-electron chi connectivity index (χ3n) is 4.34. The zero-order chi connectivity index (χ0) is 13.3. The van der Waals surface area contributed by atoms with Crippen molar-refractivity contribution in [2.45, 2.75) is 30.7 Å². The van der Waals surface area contributed by atoms with Crippen molar-refractivity contribution in [1.82, 2.24) is 20.1 Å². The highest BCUT2D eigenvalue weighted by atomic mass is 15.3. The molecule has 4 nitrogen and oxygen atoms in total. The van der Waals surface area contributed by atoms with E-state index in [0.29, 0.717) is 6.04 Å². The molecule has 0 spiro atoms. The predicted octanol–water partition coefficient (Wildman–Crippen LogP) is 1.68. The summed E-state index contributed by atoms with van der Waals surface area (Å²) in [6.07, 6.45) is 5.05. The number of hydrogen-bond donors (Lipinski definition) is 1. The molecule has 1 aromatic carbocycles. The predicted molar refractivity (Wildman–Crippen MR) is 74.9 cm³/mol. The quantitative estimate of drug-likeness (QED) is 0.885. The van der Waals surface area contributed by atoms with Gasteiger partial charge in [-0.3, -0.25) is 4.68 Å². The Morgan fingerprint density at radius 2 is 2.05 bits per heavy atom.